The fourth-order valence-corrected chi connectivity index (χ4v) is 2.51. The molecule has 2 aromatic rings. The van der Waals surface area contributed by atoms with E-state index in [9.17, 15) is 9.59 Å². The molecular formula is C13H18N4O3S. The number of aromatic amines is 1. The number of amides is 1. The molecule has 7 nitrogen and oxygen atoms in total. The third-order valence-electron chi connectivity index (χ3n) is 2.83. The van der Waals surface area contributed by atoms with Gasteiger partial charge in [0.15, 0.2) is 5.16 Å². The lowest BCUT2D eigenvalue weighted by Crippen LogP contribution is -2.25. The van der Waals surface area contributed by atoms with Gasteiger partial charge in [-0.05, 0) is 18.6 Å². The van der Waals surface area contributed by atoms with Gasteiger partial charge in [-0.3, -0.25) is 9.36 Å². The molecule has 0 bridgehead atoms. The van der Waals surface area contributed by atoms with Crippen molar-refractivity contribution in [2.75, 3.05) is 5.75 Å². The van der Waals surface area contributed by atoms with Crippen molar-refractivity contribution in [2.45, 2.75) is 38.0 Å². The maximum atomic E-state index is 11.7. The largest absolute Gasteiger partial charge is 0.467 e. The number of carbonyl (C=O) groups excluding carboxylic acids is 1. The number of hydrogen-bond acceptors (Lipinski definition) is 5. The minimum absolute atomic E-state index is 0.131. The molecule has 0 saturated carbocycles. The van der Waals surface area contributed by atoms with Gasteiger partial charge in [0.25, 0.3) is 0 Å². The van der Waals surface area contributed by atoms with Gasteiger partial charge < -0.3 is 9.73 Å². The van der Waals surface area contributed by atoms with Gasteiger partial charge in [-0.15, -0.1) is 5.10 Å². The molecule has 0 spiro atoms. The number of unbranched alkanes of at least 4 members (excludes halogenated alkanes) is 1. The Labute approximate surface area is 126 Å². The van der Waals surface area contributed by atoms with Crippen LogP contribution >= 0.6 is 11.8 Å². The summed E-state index contributed by atoms with van der Waals surface area (Å²) in [5.41, 5.74) is -0.234. The predicted octanol–water partition coefficient (Wildman–Crippen LogP) is 1.37. The van der Waals surface area contributed by atoms with Gasteiger partial charge >= 0.3 is 5.69 Å². The Morgan fingerprint density at radius 3 is 3.14 bits per heavy atom. The number of rotatable bonds is 8. The highest BCUT2D eigenvalue weighted by atomic mass is 32.2. The topological polar surface area (TPSA) is 92.9 Å². The number of furan rings is 1. The van der Waals surface area contributed by atoms with Crippen molar-refractivity contribution in [1.29, 1.82) is 0 Å². The molecule has 2 heterocycles. The minimum Gasteiger partial charge on any atom is -0.467 e. The maximum Gasteiger partial charge on any atom is 0.343 e. The molecule has 0 radical (unpaired) electrons. The van der Waals surface area contributed by atoms with Crippen LogP contribution in [0, 0.1) is 0 Å². The Hall–Kier alpha value is -1.96. The van der Waals surface area contributed by atoms with E-state index in [1.54, 1.807) is 23.0 Å². The minimum atomic E-state index is -0.234. The van der Waals surface area contributed by atoms with E-state index in [4.69, 9.17) is 4.42 Å². The molecule has 2 aromatic heterocycles. The molecule has 0 atom stereocenters. The standard InChI is InChI=1S/C13H18N4O3S/c1-2-3-6-17-12(19)15-16-13(17)21-9-11(18)14-8-10-5-4-7-20-10/h4-5,7H,2-3,6,8-9H2,1H3,(H,14,18)(H,15,19). The van der Waals surface area contributed by atoms with E-state index in [0.29, 0.717) is 24.0 Å². The van der Waals surface area contributed by atoms with Crippen LogP contribution in [0.3, 0.4) is 0 Å². The number of aromatic nitrogens is 3. The van der Waals surface area contributed by atoms with Crippen LogP contribution in [0.2, 0.25) is 0 Å². The van der Waals surface area contributed by atoms with Crippen LogP contribution < -0.4 is 11.0 Å². The SMILES string of the molecule is CCCCn1c(SCC(=O)NCc2ccco2)n[nH]c1=O. The average molecular weight is 310 g/mol. The zero-order valence-corrected chi connectivity index (χ0v) is 12.6. The van der Waals surface area contributed by atoms with Crippen molar-refractivity contribution in [2.24, 2.45) is 0 Å². The first-order valence-electron chi connectivity index (χ1n) is 6.77. The quantitative estimate of drug-likeness (QED) is 0.718. The van der Waals surface area contributed by atoms with Gasteiger partial charge in [0.1, 0.15) is 5.76 Å². The molecule has 0 aromatic carbocycles. The lowest BCUT2D eigenvalue weighted by atomic mass is 10.3. The van der Waals surface area contributed by atoms with E-state index in [2.05, 4.69) is 22.4 Å². The van der Waals surface area contributed by atoms with Crippen LogP contribution in [0.25, 0.3) is 0 Å². The van der Waals surface area contributed by atoms with Crippen LogP contribution in [0.4, 0.5) is 0 Å². The second-order valence-corrected chi connectivity index (χ2v) is 5.40. The van der Waals surface area contributed by atoms with Crippen molar-refractivity contribution in [3.8, 4) is 0 Å². The van der Waals surface area contributed by atoms with Gasteiger partial charge in [0, 0.05) is 6.54 Å². The summed E-state index contributed by atoms with van der Waals surface area (Å²) in [7, 11) is 0. The fourth-order valence-electron chi connectivity index (χ4n) is 1.71. The molecule has 8 heteroatoms. The highest BCUT2D eigenvalue weighted by molar-refractivity contribution is 7.99. The first-order chi connectivity index (χ1) is 10.2. The first kappa shape index (κ1) is 15.4. The van der Waals surface area contributed by atoms with Gasteiger partial charge in [-0.25, -0.2) is 9.89 Å². The maximum absolute atomic E-state index is 11.7. The van der Waals surface area contributed by atoms with Crippen LogP contribution in [-0.4, -0.2) is 26.4 Å². The third-order valence-corrected chi connectivity index (χ3v) is 3.81. The second-order valence-electron chi connectivity index (χ2n) is 4.46. The molecule has 0 unspecified atom stereocenters. The molecule has 0 aliphatic heterocycles. The monoisotopic (exact) mass is 310 g/mol. The number of hydrogen-bond donors (Lipinski definition) is 2. The van der Waals surface area contributed by atoms with Crippen molar-refractivity contribution in [1.82, 2.24) is 20.1 Å². The third kappa shape index (κ3) is 4.52. The number of H-pyrrole nitrogens is 1. The molecule has 2 N–H and O–H groups in total. The van der Waals surface area contributed by atoms with E-state index >= 15 is 0 Å². The average Bonchev–Trinajstić information content (AvgIpc) is 3.11. The van der Waals surface area contributed by atoms with E-state index < -0.39 is 0 Å². The Morgan fingerprint density at radius 1 is 1.57 bits per heavy atom. The number of nitrogens with one attached hydrogen (secondary N) is 2. The molecule has 0 saturated heterocycles. The number of thioether (sulfide) groups is 1. The van der Waals surface area contributed by atoms with Gasteiger partial charge in [-0.2, -0.15) is 0 Å². The molecule has 0 fully saturated rings. The van der Waals surface area contributed by atoms with Crippen molar-refractivity contribution >= 4 is 17.7 Å². The summed E-state index contributed by atoms with van der Waals surface area (Å²) in [4.78, 5) is 23.3. The van der Waals surface area contributed by atoms with Gasteiger partial charge in [0.05, 0.1) is 18.6 Å². The Bertz CT molecular complexity index is 618. The normalized spacial score (nSPS) is 10.7. The summed E-state index contributed by atoms with van der Waals surface area (Å²) in [6.07, 6.45) is 3.45. The second kappa shape index (κ2) is 7.72. The van der Waals surface area contributed by atoms with Crippen molar-refractivity contribution < 1.29 is 9.21 Å². The summed E-state index contributed by atoms with van der Waals surface area (Å²) in [5, 5.41) is 9.64. The summed E-state index contributed by atoms with van der Waals surface area (Å²) >= 11 is 1.24. The summed E-state index contributed by atoms with van der Waals surface area (Å²) < 4.78 is 6.69. The van der Waals surface area contributed by atoms with Crippen molar-refractivity contribution in [3.63, 3.8) is 0 Å². The Kier molecular flexibility index (Phi) is 5.68. The summed E-state index contributed by atoms with van der Waals surface area (Å²) in [6.45, 7) is 3.03. The van der Waals surface area contributed by atoms with E-state index in [-0.39, 0.29) is 17.3 Å². The molecule has 0 aliphatic carbocycles. The molecule has 1 amide bonds. The van der Waals surface area contributed by atoms with Gasteiger partial charge in [0.2, 0.25) is 5.91 Å². The Morgan fingerprint density at radius 2 is 2.43 bits per heavy atom. The van der Waals surface area contributed by atoms with Crippen LogP contribution in [0.1, 0.15) is 25.5 Å². The van der Waals surface area contributed by atoms with E-state index in [1.165, 1.54) is 11.8 Å². The zero-order valence-electron chi connectivity index (χ0n) is 11.8. The molecule has 0 aliphatic rings. The van der Waals surface area contributed by atoms with Crippen LogP contribution in [-0.2, 0) is 17.9 Å². The lowest BCUT2D eigenvalue weighted by Gasteiger charge is -2.05. The zero-order chi connectivity index (χ0) is 15.1. The van der Waals surface area contributed by atoms with Crippen LogP contribution in [0.5, 0.6) is 0 Å². The first-order valence-corrected chi connectivity index (χ1v) is 7.76. The molecule has 114 valence electrons. The summed E-state index contributed by atoms with van der Waals surface area (Å²) in [5.74, 6) is 0.777. The Balaban J connectivity index is 1.82. The lowest BCUT2D eigenvalue weighted by molar-refractivity contribution is -0.118. The molecular weight excluding hydrogens is 292 g/mol. The van der Waals surface area contributed by atoms with Gasteiger partial charge in [-0.1, -0.05) is 25.1 Å². The fraction of sp³-hybridized carbons (Fsp3) is 0.462. The van der Waals surface area contributed by atoms with E-state index in [1.807, 2.05) is 0 Å². The highest BCUT2D eigenvalue weighted by Crippen LogP contribution is 2.13. The van der Waals surface area contributed by atoms with Crippen LogP contribution in [0.15, 0.2) is 32.8 Å². The van der Waals surface area contributed by atoms with E-state index in [0.717, 1.165) is 12.8 Å². The number of nitrogens with zero attached hydrogens (tertiary/aromatic N) is 2. The molecule has 2 rings (SSSR count). The summed E-state index contributed by atoms with van der Waals surface area (Å²) in [6, 6.07) is 3.57. The smallest absolute Gasteiger partial charge is 0.343 e. The number of carbonyl (C=O) groups is 1. The molecule has 21 heavy (non-hydrogen) atoms. The van der Waals surface area contributed by atoms with Crippen molar-refractivity contribution in [3.05, 3.63) is 34.6 Å². The highest BCUT2D eigenvalue weighted by Gasteiger charge is 2.11. The predicted molar refractivity (Wildman–Crippen MR) is 79.0 cm³/mol.